The van der Waals surface area contributed by atoms with E-state index in [4.69, 9.17) is 0 Å². The molecule has 0 amide bonds. The first-order valence-corrected chi connectivity index (χ1v) is 4.06. The Hall–Kier alpha value is -1.19. The average Bonchev–Trinajstić information content (AvgIpc) is 2.28. The third kappa shape index (κ3) is 1.76. The van der Waals surface area contributed by atoms with Gasteiger partial charge < -0.3 is 0 Å². The third-order valence-corrected chi connectivity index (χ3v) is 1.88. The number of rotatable bonds is 2. The maximum absolute atomic E-state index is 13.3. The predicted molar refractivity (Wildman–Crippen MR) is 47.5 cm³/mol. The van der Waals surface area contributed by atoms with Crippen LogP contribution in [0.4, 0.5) is 4.39 Å². The molecule has 0 aliphatic heterocycles. The molecule has 13 heavy (non-hydrogen) atoms. The molecule has 0 saturated carbocycles. The first-order valence-electron chi connectivity index (χ1n) is 4.06. The average molecular weight is 184 g/mol. The van der Waals surface area contributed by atoms with Crippen molar-refractivity contribution in [1.82, 2.24) is 9.78 Å². The van der Waals surface area contributed by atoms with E-state index in [0.29, 0.717) is 11.3 Å². The van der Waals surface area contributed by atoms with Crippen molar-refractivity contribution < 1.29 is 9.18 Å². The maximum Gasteiger partial charge on any atom is 0.217 e. The van der Waals surface area contributed by atoms with Crippen LogP contribution in [0.3, 0.4) is 0 Å². The van der Waals surface area contributed by atoms with E-state index in [1.54, 1.807) is 20.2 Å². The fourth-order valence-corrected chi connectivity index (χ4v) is 1.15. The van der Waals surface area contributed by atoms with Gasteiger partial charge in [0.15, 0.2) is 5.67 Å². The molecule has 3 nitrogen and oxygen atoms in total. The van der Waals surface area contributed by atoms with Crippen LogP contribution in [0.2, 0.25) is 0 Å². The first kappa shape index (κ1) is 9.89. The van der Waals surface area contributed by atoms with Gasteiger partial charge in [0.1, 0.15) is 5.69 Å². The zero-order chi connectivity index (χ0) is 10.2. The highest BCUT2D eigenvalue weighted by atomic mass is 19.1. The van der Waals surface area contributed by atoms with Crippen molar-refractivity contribution in [1.29, 1.82) is 0 Å². The normalized spacial score (nSPS) is 11.8. The van der Waals surface area contributed by atoms with E-state index in [0.717, 1.165) is 0 Å². The maximum atomic E-state index is 13.3. The standard InChI is InChI=1S/C9H13FN2O/c1-6-5-11-12(4)7(6)8(13)9(2,3)10/h5H,1-4H3. The molecular formula is C9H13FN2O. The van der Waals surface area contributed by atoms with Gasteiger partial charge in [-0.05, 0) is 26.3 Å². The number of Topliss-reactive ketones (excluding diaryl/α,β-unsaturated/α-hetero) is 1. The molecule has 1 aromatic heterocycles. The first-order chi connectivity index (χ1) is 5.84. The van der Waals surface area contributed by atoms with Crippen molar-refractivity contribution in [2.75, 3.05) is 0 Å². The van der Waals surface area contributed by atoms with Crippen LogP contribution in [0.1, 0.15) is 29.9 Å². The minimum Gasteiger partial charge on any atom is -0.289 e. The largest absolute Gasteiger partial charge is 0.289 e. The van der Waals surface area contributed by atoms with Gasteiger partial charge in [0, 0.05) is 7.05 Å². The summed E-state index contributed by atoms with van der Waals surface area (Å²) in [6.45, 7) is 4.25. The van der Waals surface area contributed by atoms with Gasteiger partial charge in [-0.1, -0.05) is 0 Å². The summed E-state index contributed by atoms with van der Waals surface area (Å²) < 4.78 is 14.7. The second-order valence-electron chi connectivity index (χ2n) is 3.60. The van der Waals surface area contributed by atoms with E-state index < -0.39 is 11.5 Å². The summed E-state index contributed by atoms with van der Waals surface area (Å²) in [4.78, 5) is 11.5. The van der Waals surface area contributed by atoms with E-state index in [1.807, 2.05) is 0 Å². The molecule has 1 heterocycles. The third-order valence-electron chi connectivity index (χ3n) is 1.88. The molecule has 1 rings (SSSR count). The number of ketones is 1. The summed E-state index contributed by atoms with van der Waals surface area (Å²) in [5.74, 6) is -0.523. The summed E-state index contributed by atoms with van der Waals surface area (Å²) in [6, 6.07) is 0. The van der Waals surface area contributed by atoms with Gasteiger partial charge in [-0.2, -0.15) is 5.10 Å². The lowest BCUT2D eigenvalue weighted by molar-refractivity contribution is 0.0749. The van der Waals surface area contributed by atoms with Crippen LogP contribution in [0, 0.1) is 6.92 Å². The number of carbonyl (C=O) groups is 1. The van der Waals surface area contributed by atoms with E-state index in [9.17, 15) is 9.18 Å². The van der Waals surface area contributed by atoms with Crippen LogP contribution in [-0.4, -0.2) is 21.2 Å². The second kappa shape index (κ2) is 2.94. The van der Waals surface area contributed by atoms with Crippen molar-refractivity contribution in [3.8, 4) is 0 Å². The number of carbonyl (C=O) groups excluding carboxylic acids is 1. The van der Waals surface area contributed by atoms with Crippen LogP contribution >= 0.6 is 0 Å². The van der Waals surface area contributed by atoms with E-state index in [2.05, 4.69) is 5.10 Å². The number of aryl methyl sites for hydroxylation is 2. The van der Waals surface area contributed by atoms with Gasteiger partial charge in [-0.25, -0.2) is 4.39 Å². The Labute approximate surface area is 76.6 Å². The monoisotopic (exact) mass is 184 g/mol. The van der Waals surface area contributed by atoms with Crippen LogP contribution < -0.4 is 0 Å². The fraction of sp³-hybridized carbons (Fsp3) is 0.556. The molecule has 0 spiro atoms. The van der Waals surface area contributed by atoms with Gasteiger partial charge in [0.05, 0.1) is 6.20 Å². The van der Waals surface area contributed by atoms with Crippen LogP contribution in [-0.2, 0) is 7.05 Å². The zero-order valence-corrected chi connectivity index (χ0v) is 8.26. The number of halogens is 1. The molecule has 72 valence electrons. The van der Waals surface area contributed by atoms with Gasteiger partial charge in [0.25, 0.3) is 0 Å². The summed E-state index contributed by atoms with van der Waals surface area (Å²) in [7, 11) is 1.63. The topological polar surface area (TPSA) is 34.9 Å². The fourth-order valence-electron chi connectivity index (χ4n) is 1.15. The summed E-state index contributed by atoms with van der Waals surface area (Å²) in [5.41, 5.74) is -0.788. The minimum absolute atomic E-state index is 0.340. The quantitative estimate of drug-likeness (QED) is 0.655. The van der Waals surface area contributed by atoms with Crippen molar-refractivity contribution >= 4 is 5.78 Å². The van der Waals surface area contributed by atoms with Gasteiger partial charge in [-0.3, -0.25) is 9.48 Å². The van der Waals surface area contributed by atoms with Crippen molar-refractivity contribution in [3.05, 3.63) is 17.5 Å². The lowest BCUT2D eigenvalue weighted by Crippen LogP contribution is -2.28. The molecule has 0 saturated heterocycles. The van der Waals surface area contributed by atoms with Crippen molar-refractivity contribution in [2.45, 2.75) is 26.4 Å². The SMILES string of the molecule is Cc1cnn(C)c1C(=O)C(C)(C)F. The molecule has 0 radical (unpaired) electrons. The Morgan fingerprint density at radius 3 is 2.46 bits per heavy atom. The van der Waals surface area contributed by atoms with E-state index in [-0.39, 0.29) is 0 Å². The molecular weight excluding hydrogens is 171 g/mol. The molecule has 0 fully saturated rings. The molecule has 0 aromatic carbocycles. The number of nitrogens with zero attached hydrogens (tertiary/aromatic N) is 2. The van der Waals surface area contributed by atoms with Gasteiger partial charge in [-0.15, -0.1) is 0 Å². The summed E-state index contributed by atoms with van der Waals surface area (Å²) >= 11 is 0. The lowest BCUT2D eigenvalue weighted by Gasteiger charge is -2.12. The zero-order valence-electron chi connectivity index (χ0n) is 8.26. The summed E-state index contributed by atoms with van der Waals surface area (Å²) in [5, 5.41) is 3.88. The Morgan fingerprint density at radius 1 is 1.62 bits per heavy atom. The van der Waals surface area contributed by atoms with Crippen molar-refractivity contribution in [2.24, 2.45) is 7.05 Å². The van der Waals surface area contributed by atoms with Crippen LogP contribution in [0.15, 0.2) is 6.20 Å². The Balaban J connectivity index is 3.16. The highest BCUT2D eigenvalue weighted by molar-refractivity contribution is 6.01. The molecule has 0 unspecified atom stereocenters. The van der Waals surface area contributed by atoms with Gasteiger partial charge >= 0.3 is 0 Å². The molecule has 0 aliphatic rings. The highest BCUT2D eigenvalue weighted by Crippen LogP contribution is 2.18. The smallest absolute Gasteiger partial charge is 0.217 e. The molecule has 0 aliphatic carbocycles. The number of hydrogen-bond donors (Lipinski definition) is 0. The van der Waals surface area contributed by atoms with Gasteiger partial charge in [0.2, 0.25) is 5.78 Å². The molecule has 0 N–H and O–H groups in total. The number of hydrogen-bond acceptors (Lipinski definition) is 2. The van der Waals surface area contributed by atoms with E-state index >= 15 is 0 Å². The molecule has 0 bridgehead atoms. The lowest BCUT2D eigenvalue weighted by atomic mass is 10.0. The van der Waals surface area contributed by atoms with Crippen LogP contribution in [0.5, 0.6) is 0 Å². The Morgan fingerprint density at radius 2 is 2.15 bits per heavy atom. The molecule has 4 heteroatoms. The molecule has 1 aromatic rings. The van der Waals surface area contributed by atoms with E-state index in [1.165, 1.54) is 18.5 Å². The predicted octanol–water partition coefficient (Wildman–Crippen LogP) is 1.66. The van der Waals surface area contributed by atoms with Crippen LogP contribution in [0.25, 0.3) is 0 Å². The summed E-state index contributed by atoms with van der Waals surface area (Å²) in [6.07, 6.45) is 1.55. The Kier molecular flexibility index (Phi) is 2.24. The van der Waals surface area contributed by atoms with Crippen molar-refractivity contribution in [3.63, 3.8) is 0 Å². The highest BCUT2D eigenvalue weighted by Gasteiger charge is 2.31. The number of aromatic nitrogens is 2. The molecule has 0 atom stereocenters. The second-order valence-corrected chi connectivity index (χ2v) is 3.60. The minimum atomic E-state index is -1.83. The number of alkyl halides is 1. The Bertz CT molecular complexity index is 316.